The highest BCUT2D eigenvalue weighted by Gasteiger charge is 2.25. The summed E-state index contributed by atoms with van der Waals surface area (Å²) >= 11 is 0. The van der Waals surface area contributed by atoms with Gasteiger partial charge in [0.1, 0.15) is 11.6 Å². The molecule has 1 atom stereocenters. The van der Waals surface area contributed by atoms with Crippen molar-refractivity contribution in [3.05, 3.63) is 35.4 Å². The van der Waals surface area contributed by atoms with E-state index >= 15 is 0 Å². The molecule has 1 amide bonds. The number of benzene rings is 1. The van der Waals surface area contributed by atoms with Gasteiger partial charge in [-0.1, -0.05) is 0 Å². The summed E-state index contributed by atoms with van der Waals surface area (Å²) in [5.74, 6) is -2.29. The first-order valence-corrected chi connectivity index (χ1v) is 7.01. The van der Waals surface area contributed by atoms with Crippen molar-refractivity contribution in [3.63, 3.8) is 0 Å². The van der Waals surface area contributed by atoms with Gasteiger partial charge in [-0.3, -0.25) is 9.59 Å². The first-order chi connectivity index (χ1) is 10.5. The fourth-order valence-corrected chi connectivity index (χ4v) is 2.40. The molecule has 1 aliphatic rings. The van der Waals surface area contributed by atoms with E-state index in [1.165, 1.54) is 4.90 Å². The lowest BCUT2D eigenvalue weighted by atomic mass is 10.1. The number of carboxylic acid groups (broad SMARTS) is 1. The number of ether oxygens (including phenoxy) is 1. The molecular weight excluding hydrogens is 296 g/mol. The Labute approximate surface area is 126 Å². The van der Waals surface area contributed by atoms with Gasteiger partial charge >= 0.3 is 5.97 Å². The molecule has 1 heterocycles. The minimum absolute atomic E-state index is 0.0418. The largest absolute Gasteiger partial charge is 0.481 e. The molecular formula is C15H17F2NO4. The molecule has 5 nitrogen and oxygen atoms in total. The maximum absolute atomic E-state index is 13.5. The fourth-order valence-electron chi connectivity index (χ4n) is 2.40. The Bertz CT molecular complexity index is 564. The molecule has 1 aromatic rings. The highest BCUT2D eigenvalue weighted by molar-refractivity contribution is 5.76. The number of amides is 1. The molecule has 120 valence electrons. The van der Waals surface area contributed by atoms with Gasteiger partial charge in [0.25, 0.3) is 0 Å². The maximum Gasteiger partial charge on any atom is 0.306 e. The molecule has 1 aliphatic heterocycles. The van der Waals surface area contributed by atoms with Gasteiger partial charge in [0.15, 0.2) is 0 Å². The van der Waals surface area contributed by atoms with Crippen LogP contribution in [0.3, 0.4) is 0 Å². The van der Waals surface area contributed by atoms with Gasteiger partial charge in [0, 0.05) is 19.5 Å². The topological polar surface area (TPSA) is 66.8 Å². The molecule has 0 spiro atoms. The molecule has 2 rings (SSSR count). The number of carbonyl (C=O) groups excluding carboxylic acids is 1. The Hall–Kier alpha value is -2.02. The number of hydrogen-bond acceptors (Lipinski definition) is 3. The van der Waals surface area contributed by atoms with Crippen LogP contribution < -0.4 is 0 Å². The lowest BCUT2D eigenvalue weighted by Gasteiger charge is -2.32. The first kappa shape index (κ1) is 16.4. The summed E-state index contributed by atoms with van der Waals surface area (Å²) in [5, 5.41) is 8.74. The van der Waals surface area contributed by atoms with E-state index in [2.05, 4.69) is 0 Å². The molecule has 1 saturated heterocycles. The van der Waals surface area contributed by atoms with Crippen molar-refractivity contribution in [2.75, 3.05) is 19.7 Å². The van der Waals surface area contributed by atoms with E-state index in [1.807, 2.05) is 0 Å². The number of halogens is 2. The average Bonchev–Trinajstić information content (AvgIpc) is 2.47. The quantitative estimate of drug-likeness (QED) is 0.896. The van der Waals surface area contributed by atoms with Crippen LogP contribution in [0.15, 0.2) is 18.2 Å². The predicted octanol–water partition coefficient (Wildman–Crippen LogP) is 1.60. The van der Waals surface area contributed by atoms with Crippen LogP contribution in [0.2, 0.25) is 0 Å². The van der Waals surface area contributed by atoms with Crippen LogP contribution in [-0.4, -0.2) is 47.7 Å². The summed E-state index contributed by atoms with van der Waals surface area (Å²) in [6.45, 7) is 0.857. The second kappa shape index (κ2) is 7.31. The van der Waals surface area contributed by atoms with Crippen molar-refractivity contribution >= 4 is 11.9 Å². The minimum atomic E-state index is -0.985. The molecule has 1 aromatic carbocycles. The summed E-state index contributed by atoms with van der Waals surface area (Å²) in [7, 11) is 0. The highest BCUT2D eigenvalue weighted by Crippen LogP contribution is 2.14. The summed E-state index contributed by atoms with van der Waals surface area (Å²) in [6.07, 6.45) is -0.549. The Balaban J connectivity index is 1.89. The molecule has 0 saturated carbocycles. The van der Waals surface area contributed by atoms with Gasteiger partial charge in [0.05, 0.1) is 19.1 Å². The van der Waals surface area contributed by atoms with Crippen LogP contribution in [-0.2, 0) is 20.7 Å². The number of morpholine rings is 1. The Morgan fingerprint density at radius 2 is 2.14 bits per heavy atom. The van der Waals surface area contributed by atoms with Crippen LogP contribution in [0, 0.1) is 11.6 Å². The second-order valence-electron chi connectivity index (χ2n) is 5.17. The summed E-state index contributed by atoms with van der Waals surface area (Å²) in [6, 6.07) is 3.14. The Kier molecular flexibility index (Phi) is 5.43. The van der Waals surface area contributed by atoms with E-state index in [-0.39, 0.29) is 43.9 Å². The van der Waals surface area contributed by atoms with Gasteiger partial charge in [0.2, 0.25) is 5.91 Å². The summed E-state index contributed by atoms with van der Waals surface area (Å²) in [5.41, 5.74) is 0.156. The standard InChI is InChI=1S/C15H17F2NO4/c16-11-2-3-13(17)10(7-11)1-4-14(19)18-5-6-22-12(9-18)8-15(20)21/h2-3,7,12H,1,4-6,8-9H2,(H,20,21). The van der Waals surface area contributed by atoms with Crippen molar-refractivity contribution in [1.82, 2.24) is 4.90 Å². The van der Waals surface area contributed by atoms with Crippen LogP contribution in [0.4, 0.5) is 8.78 Å². The van der Waals surface area contributed by atoms with Crippen LogP contribution in [0.5, 0.6) is 0 Å². The Morgan fingerprint density at radius 1 is 1.36 bits per heavy atom. The molecule has 0 aliphatic carbocycles. The smallest absolute Gasteiger partial charge is 0.306 e. The van der Waals surface area contributed by atoms with Gasteiger partial charge in [-0.15, -0.1) is 0 Å². The van der Waals surface area contributed by atoms with Gasteiger partial charge < -0.3 is 14.7 Å². The second-order valence-corrected chi connectivity index (χ2v) is 5.17. The number of carbonyl (C=O) groups is 2. The monoisotopic (exact) mass is 313 g/mol. The average molecular weight is 313 g/mol. The third-order valence-corrected chi connectivity index (χ3v) is 3.51. The Morgan fingerprint density at radius 3 is 2.86 bits per heavy atom. The zero-order chi connectivity index (χ0) is 16.1. The predicted molar refractivity (Wildman–Crippen MR) is 73.3 cm³/mol. The third kappa shape index (κ3) is 4.49. The van der Waals surface area contributed by atoms with Crippen molar-refractivity contribution in [3.8, 4) is 0 Å². The third-order valence-electron chi connectivity index (χ3n) is 3.51. The van der Waals surface area contributed by atoms with E-state index in [0.29, 0.717) is 6.54 Å². The number of aryl methyl sites for hydroxylation is 1. The normalized spacial score (nSPS) is 18.3. The summed E-state index contributed by atoms with van der Waals surface area (Å²) in [4.78, 5) is 24.3. The molecule has 0 bridgehead atoms. The van der Waals surface area contributed by atoms with Crippen LogP contribution in [0.25, 0.3) is 0 Å². The molecule has 1 fully saturated rings. The molecule has 1 N–H and O–H groups in total. The number of nitrogens with zero attached hydrogens (tertiary/aromatic N) is 1. The number of aliphatic carboxylic acids is 1. The van der Waals surface area contributed by atoms with E-state index in [9.17, 15) is 18.4 Å². The van der Waals surface area contributed by atoms with E-state index < -0.39 is 23.7 Å². The van der Waals surface area contributed by atoms with Crippen molar-refractivity contribution in [2.45, 2.75) is 25.4 Å². The van der Waals surface area contributed by atoms with E-state index in [1.54, 1.807) is 0 Å². The lowest BCUT2D eigenvalue weighted by molar-refractivity contribution is -0.147. The van der Waals surface area contributed by atoms with E-state index in [4.69, 9.17) is 9.84 Å². The number of hydrogen-bond donors (Lipinski definition) is 1. The summed E-state index contributed by atoms with van der Waals surface area (Å²) < 4.78 is 31.8. The molecule has 0 radical (unpaired) electrons. The molecule has 22 heavy (non-hydrogen) atoms. The minimum Gasteiger partial charge on any atom is -0.481 e. The first-order valence-electron chi connectivity index (χ1n) is 7.01. The van der Waals surface area contributed by atoms with Crippen molar-refractivity contribution < 1.29 is 28.2 Å². The zero-order valence-electron chi connectivity index (χ0n) is 11.9. The van der Waals surface area contributed by atoms with Crippen molar-refractivity contribution in [1.29, 1.82) is 0 Å². The SMILES string of the molecule is O=C(O)CC1CN(C(=O)CCc2cc(F)ccc2F)CCO1. The lowest BCUT2D eigenvalue weighted by Crippen LogP contribution is -2.46. The molecule has 7 heteroatoms. The van der Waals surface area contributed by atoms with Gasteiger partial charge in [-0.2, -0.15) is 0 Å². The fraction of sp³-hybridized carbons (Fsp3) is 0.467. The molecule has 0 aromatic heterocycles. The van der Waals surface area contributed by atoms with Crippen LogP contribution >= 0.6 is 0 Å². The number of carboxylic acids is 1. The zero-order valence-corrected chi connectivity index (χ0v) is 11.9. The van der Waals surface area contributed by atoms with E-state index in [0.717, 1.165) is 18.2 Å². The highest BCUT2D eigenvalue weighted by atomic mass is 19.1. The number of rotatable bonds is 5. The molecule has 1 unspecified atom stereocenters. The van der Waals surface area contributed by atoms with Gasteiger partial charge in [-0.05, 0) is 30.2 Å². The van der Waals surface area contributed by atoms with Gasteiger partial charge in [-0.25, -0.2) is 8.78 Å². The van der Waals surface area contributed by atoms with Crippen LogP contribution in [0.1, 0.15) is 18.4 Å². The maximum atomic E-state index is 13.5. The van der Waals surface area contributed by atoms with Crippen molar-refractivity contribution in [2.24, 2.45) is 0 Å².